The highest BCUT2D eigenvalue weighted by Gasteiger charge is 2.35. The van der Waals surface area contributed by atoms with Gasteiger partial charge in [0.2, 0.25) is 0 Å². The van der Waals surface area contributed by atoms with E-state index in [1.165, 1.54) is 50.9 Å². The van der Waals surface area contributed by atoms with Gasteiger partial charge in [-0.05, 0) is 57.2 Å². The molecule has 3 heteroatoms. The average molecular weight is 273 g/mol. The van der Waals surface area contributed by atoms with Crippen molar-refractivity contribution in [1.29, 1.82) is 0 Å². The molecule has 0 aliphatic heterocycles. The SMILES string of the molecule is CCNCC1(CN(C)C(C)CCSC)CCCC1. The molecule has 0 amide bonds. The molecule has 18 heavy (non-hydrogen) atoms. The Labute approximate surface area is 118 Å². The Balaban J connectivity index is 2.44. The first-order chi connectivity index (χ1) is 8.63. The zero-order chi connectivity index (χ0) is 13.4. The minimum atomic E-state index is 0.554. The Kier molecular flexibility index (Phi) is 7.66. The van der Waals surface area contributed by atoms with E-state index in [4.69, 9.17) is 0 Å². The Morgan fingerprint density at radius 3 is 2.56 bits per heavy atom. The predicted molar refractivity (Wildman–Crippen MR) is 84.5 cm³/mol. The number of hydrogen-bond donors (Lipinski definition) is 1. The summed E-state index contributed by atoms with van der Waals surface area (Å²) in [6, 6.07) is 0.719. The summed E-state index contributed by atoms with van der Waals surface area (Å²) in [7, 11) is 2.32. The molecule has 0 aromatic rings. The minimum Gasteiger partial charge on any atom is -0.316 e. The predicted octanol–water partition coefficient (Wildman–Crippen LogP) is 3.23. The quantitative estimate of drug-likeness (QED) is 0.694. The van der Waals surface area contributed by atoms with Crippen LogP contribution in [0.15, 0.2) is 0 Å². The molecule has 0 aromatic heterocycles. The van der Waals surface area contributed by atoms with Crippen molar-refractivity contribution in [1.82, 2.24) is 10.2 Å². The fourth-order valence-electron chi connectivity index (χ4n) is 3.10. The van der Waals surface area contributed by atoms with Crippen molar-refractivity contribution in [2.75, 3.05) is 38.7 Å². The molecule has 1 aliphatic carbocycles. The van der Waals surface area contributed by atoms with Crippen LogP contribution in [0.5, 0.6) is 0 Å². The third kappa shape index (κ3) is 5.10. The molecule has 2 nitrogen and oxygen atoms in total. The zero-order valence-corrected chi connectivity index (χ0v) is 13.6. The lowest BCUT2D eigenvalue weighted by Gasteiger charge is -2.36. The van der Waals surface area contributed by atoms with Crippen molar-refractivity contribution < 1.29 is 0 Å². The number of nitrogens with zero attached hydrogens (tertiary/aromatic N) is 1. The summed E-state index contributed by atoms with van der Waals surface area (Å²) in [4.78, 5) is 2.60. The topological polar surface area (TPSA) is 15.3 Å². The van der Waals surface area contributed by atoms with Crippen molar-refractivity contribution in [3.63, 3.8) is 0 Å². The van der Waals surface area contributed by atoms with E-state index in [0.29, 0.717) is 5.41 Å². The van der Waals surface area contributed by atoms with Crippen LogP contribution in [0.1, 0.15) is 46.0 Å². The largest absolute Gasteiger partial charge is 0.316 e. The second kappa shape index (κ2) is 8.44. The van der Waals surface area contributed by atoms with Crippen LogP contribution < -0.4 is 5.32 Å². The molecule has 0 bridgehead atoms. The molecule has 0 radical (unpaired) electrons. The van der Waals surface area contributed by atoms with Crippen LogP contribution in [-0.2, 0) is 0 Å². The second-order valence-corrected chi connectivity index (χ2v) is 7.02. The van der Waals surface area contributed by atoms with Crippen LogP contribution in [0.3, 0.4) is 0 Å². The average Bonchev–Trinajstić information content (AvgIpc) is 2.82. The van der Waals surface area contributed by atoms with Gasteiger partial charge in [0.1, 0.15) is 0 Å². The maximum absolute atomic E-state index is 3.59. The van der Waals surface area contributed by atoms with Crippen molar-refractivity contribution in [3.05, 3.63) is 0 Å². The van der Waals surface area contributed by atoms with E-state index in [1.807, 2.05) is 11.8 Å². The van der Waals surface area contributed by atoms with Gasteiger partial charge in [0.25, 0.3) is 0 Å². The normalized spacial score (nSPS) is 20.5. The summed E-state index contributed by atoms with van der Waals surface area (Å²) in [5.41, 5.74) is 0.554. The molecule has 1 rings (SSSR count). The van der Waals surface area contributed by atoms with E-state index in [0.717, 1.165) is 12.6 Å². The fourth-order valence-corrected chi connectivity index (χ4v) is 3.68. The Morgan fingerprint density at radius 1 is 1.33 bits per heavy atom. The maximum atomic E-state index is 3.59. The Morgan fingerprint density at radius 2 is 2.00 bits per heavy atom. The highest BCUT2D eigenvalue weighted by molar-refractivity contribution is 7.98. The third-order valence-corrected chi connectivity index (χ3v) is 5.14. The van der Waals surface area contributed by atoms with Crippen molar-refractivity contribution in [2.24, 2.45) is 5.41 Å². The molecule has 1 unspecified atom stereocenters. The van der Waals surface area contributed by atoms with Crippen LogP contribution >= 0.6 is 11.8 Å². The van der Waals surface area contributed by atoms with Crippen molar-refractivity contribution >= 4 is 11.8 Å². The number of hydrogen-bond acceptors (Lipinski definition) is 3. The molecule has 0 heterocycles. The summed E-state index contributed by atoms with van der Waals surface area (Å²) in [5.74, 6) is 1.28. The Bertz CT molecular complexity index is 215. The summed E-state index contributed by atoms with van der Waals surface area (Å²) in [5, 5.41) is 3.59. The first kappa shape index (κ1) is 16.3. The summed E-state index contributed by atoms with van der Waals surface area (Å²) >= 11 is 1.96. The van der Waals surface area contributed by atoms with E-state index in [-0.39, 0.29) is 0 Å². The molecule has 0 aromatic carbocycles. The molecule has 108 valence electrons. The monoisotopic (exact) mass is 272 g/mol. The van der Waals surface area contributed by atoms with Gasteiger partial charge in [-0.15, -0.1) is 0 Å². The maximum Gasteiger partial charge on any atom is 0.00719 e. The highest BCUT2D eigenvalue weighted by atomic mass is 32.2. The first-order valence-corrected chi connectivity index (χ1v) is 8.93. The molecule has 0 spiro atoms. The molecule has 1 fully saturated rings. The van der Waals surface area contributed by atoms with Crippen LogP contribution in [0.25, 0.3) is 0 Å². The Hall–Kier alpha value is 0.270. The summed E-state index contributed by atoms with van der Waals surface area (Å²) in [6.07, 6.45) is 9.21. The molecule has 1 saturated carbocycles. The smallest absolute Gasteiger partial charge is 0.00719 e. The third-order valence-electron chi connectivity index (χ3n) is 4.49. The van der Waals surface area contributed by atoms with Crippen molar-refractivity contribution in [2.45, 2.75) is 52.0 Å². The van der Waals surface area contributed by atoms with E-state index in [2.05, 4.69) is 37.4 Å². The van der Waals surface area contributed by atoms with Crippen LogP contribution in [-0.4, -0.2) is 49.6 Å². The number of thioether (sulfide) groups is 1. The fraction of sp³-hybridized carbons (Fsp3) is 1.00. The van der Waals surface area contributed by atoms with Gasteiger partial charge in [0, 0.05) is 19.1 Å². The standard InChI is InChI=1S/C15H32N2S/c1-5-16-12-15(9-6-7-10-15)13-17(3)14(2)8-11-18-4/h14,16H,5-13H2,1-4H3. The van der Waals surface area contributed by atoms with Gasteiger partial charge in [0.15, 0.2) is 0 Å². The van der Waals surface area contributed by atoms with E-state index >= 15 is 0 Å². The molecule has 1 atom stereocenters. The lowest BCUT2D eigenvalue weighted by Crippen LogP contribution is -2.44. The minimum absolute atomic E-state index is 0.554. The molecule has 1 aliphatic rings. The number of rotatable bonds is 9. The van der Waals surface area contributed by atoms with E-state index in [9.17, 15) is 0 Å². The van der Waals surface area contributed by atoms with Gasteiger partial charge in [-0.3, -0.25) is 0 Å². The number of nitrogens with one attached hydrogen (secondary N) is 1. The lowest BCUT2D eigenvalue weighted by molar-refractivity contribution is 0.140. The lowest BCUT2D eigenvalue weighted by atomic mass is 9.85. The molecule has 0 saturated heterocycles. The van der Waals surface area contributed by atoms with Crippen LogP contribution in [0, 0.1) is 5.41 Å². The van der Waals surface area contributed by atoms with Crippen molar-refractivity contribution in [3.8, 4) is 0 Å². The highest BCUT2D eigenvalue weighted by Crippen LogP contribution is 2.38. The molecule has 1 N–H and O–H groups in total. The van der Waals surface area contributed by atoms with Crippen LogP contribution in [0.2, 0.25) is 0 Å². The molecular weight excluding hydrogens is 240 g/mol. The van der Waals surface area contributed by atoms with Gasteiger partial charge in [-0.1, -0.05) is 19.8 Å². The van der Waals surface area contributed by atoms with Gasteiger partial charge in [0.05, 0.1) is 0 Å². The molecular formula is C15H32N2S. The van der Waals surface area contributed by atoms with Gasteiger partial charge in [-0.25, -0.2) is 0 Å². The van der Waals surface area contributed by atoms with E-state index in [1.54, 1.807) is 0 Å². The summed E-state index contributed by atoms with van der Waals surface area (Å²) in [6.45, 7) is 8.19. The zero-order valence-electron chi connectivity index (χ0n) is 12.8. The van der Waals surface area contributed by atoms with Gasteiger partial charge in [-0.2, -0.15) is 11.8 Å². The second-order valence-electron chi connectivity index (χ2n) is 6.03. The summed E-state index contributed by atoms with van der Waals surface area (Å²) < 4.78 is 0. The van der Waals surface area contributed by atoms with Gasteiger partial charge < -0.3 is 10.2 Å². The van der Waals surface area contributed by atoms with Crippen LogP contribution in [0.4, 0.5) is 0 Å². The van der Waals surface area contributed by atoms with Gasteiger partial charge >= 0.3 is 0 Å². The first-order valence-electron chi connectivity index (χ1n) is 7.53. The van der Waals surface area contributed by atoms with E-state index < -0.39 is 0 Å².